The van der Waals surface area contributed by atoms with Crippen molar-refractivity contribution in [1.29, 1.82) is 0 Å². The van der Waals surface area contributed by atoms with Gasteiger partial charge in [0.15, 0.2) is 0 Å². The molecule has 0 N–H and O–H groups in total. The molecule has 2 heterocycles. The van der Waals surface area contributed by atoms with Crippen LogP contribution < -0.4 is 4.74 Å². The zero-order valence-corrected chi connectivity index (χ0v) is 13.4. The van der Waals surface area contributed by atoms with E-state index in [0.29, 0.717) is 25.4 Å². The molecule has 1 saturated heterocycles. The van der Waals surface area contributed by atoms with Crippen molar-refractivity contribution in [2.75, 3.05) is 13.1 Å². The maximum Gasteiger partial charge on any atom is 0.415 e. The highest BCUT2D eigenvalue weighted by Gasteiger charge is 2.52. The van der Waals surface area contributed by atoms with Crippen LogP contribution in [-0.2, 0) is 16.9 Å². The summed E-state index contributed by atoms with van der Waals surface area (Å²) in [5.74, 6) is 0.560. The van der Waals surface area contributed by atoms with Gasteiger partial charge in [-0.25, -0.2) is 4.79 Å². The van der Waals surface area contributed by atoms with E-state index in [9.17, 15) is 4.79 Å². The molecule has 22 heavy (non-hydrogen) atoms. The summed E-state index contributed by atoms with van der Waals surface area (Å²) in [6.45, 7) is 1.66. The summed E-state index contributed by atoms with van der Waals surface area (Å²) >= 11 is 3.47. The number of para-hydroxylation sites is 1. The van der Waals surface area contributed by atoms with E-state index in [4.69, 9.17) is 9.47 Å². The number of nitrogens with zero attached hydrogens (tertiary/aromatic N) is 1. The summed E-state index contributed by atoms with van der Waals surface area (Å²) in [4.78, 5) is 13.8. The van der Waals surface area contributed by atoms with Crippen molar-refractivity contribution >= 4 is 22.0 Å². The van der Waals surface area contributed by atoms with Crippen LogP contribution in [0.15, 0.2) is 53.0 Å². The van der Waals surface area contributed by atoms with Crippen molar-refractivity contribution in [2.45, 2.75) is 12.2 Å². The topological polar surface area (TPSA) is 38.8 Å². The van der Waals surface area contributed by atoms with E-state index in [1.165, 1.54) is 11.1 Å². The van der Waals surface area contributed by atoms with Gasteiger partial charge in [-0.15, -0.1) is 0 Å². The maximum absolute atomic E-state index is 12.1. The van der Waals surface area contributed by atoms with Crippen molar-refractivity contribution in [3.05, 3.63) is 64.1 Å². The van der Waals surface area contributed by atoms with Gasteiger partial charge in [0.25, 0.3) is 0 Å². The minimum atomic E-state index is -0.355. The van der Waals surface area contributed by atoms with E-state index < -0.39 is 0 Å². The fourth-order valence-electron chi connectivity index (χ4n) is 3.03. The number of hydrogen-bond acceptors (Lipinski definition) is 3. The van der Waals surface area contributed by atoms with Crippen molar-refractivity contribution in [3.8, 4) is 5.75 Å². The molecule has 0 radical (unpaired) electrons. The molecule has 0 atom stereocenters. The molecule has 2 aliphatic rings. The zero-order chi connectivity index (χ0) is 15.2. The fraction of sp³-hybridized carbons (Fsp3) is 0.235. The van der Waals surface area contributed by atoms with E-state index in [0.717, 1.165) is 4.47 Å². The first kappa shape index (κ1) is 13.8. The molecule has 0 aliphatic carbocycles. The molecule has 4 nitrogen and oxygen atoms in total. The van der Waals surface area contributed by atoms with E-state index in [1.807, 2.05) is 24.3 Å². The Bertz CT molecular complexity index is 726. The molecule has 2 aromatic carbocycles. The van der Waals surface area contributed by atoms with Crippen LogP contribution in [0.25, 0.3) is 0 Å². The van der Waals surface area contributed by atoms with Gasteiger partial charge in [-0.3, -0.25) is 0 Å². The number of benzene rings is 2. The summed E-state index contributed by atoms with van der Waals surface area (Å²) in [5.41, 5.74) is 2.01. The van der Waals surface area contributed by atoms with Gasteiger partial charge in [-0.1, -0.05) is 40.2 Å². The number of halogens is 1. The minimum Gasteiger partial charge on any atom is -0.410 e. The lowest BCUT2D eigenvalue weighted by Gasteiger charge is -2.46. The molecule has 0 saturated carbocycles. The van der Waals surface area contributed by atoms with E-state index in [-0.39, 0.29) is 11.7 Å². The Morgan fingerprint density at radius 2 is 1.95 bits per heavy atom. The van der Waals surface area contributed by atoms with Gasteiger partial charge >= 0.3 is 6.09 Å². The lowest BCUT2D eigenvalue weighted by atomic mass is 9.86. The fourth-order valence-corrected chi connectivity index (χ4v) is 3.44. The second kappa shape index (κ2) is 5.11. The van der Waals surface area contributed by atoms with Crippen molar-refractivity contribution in [1.82, 2.24) is 4.90 Å². The predicted octanol–water partition coefficient (Wildman–Crippen LogP) is 3.69. The Labute approximate surface area is 136 Å². The van der Waals surface area contributed by atoms with Crippen LogP contribution in [0.3, 0.4) is 0 Å². The number of fused-ring (bicyclic) bond motifs is 2. The summed E-state index contributed by atoms with van der Waals surface area (Å²) in [6.07, 6.45) is -0.328. The Morgan fingerprint density at radius 3 is 2.73 bits per heavy atom. The van der Waals surface area contributed by atoms with Crippen LogP contribution in [0.4, 0.5) is 4.79 Å². The monoisotopic (exact) mass is 359 g/mol. The average molecular weight is 360 g/mol. The van der Waals surface area contributed by atoms with Crippen LogP contribution in [-0.4, -0.2) is 24.1 Å². The molecule has 5 heteroatoms. The number of carbonyl (C=O) groups excluding carboxylic acids is 1. The summed E-state index contributed by atoms with van der Waals surface area (Å²) < 4.78 is 12.4. The molecule has 0 aromatic heterocycles. The van der Waals surface area contributed by atoms with Crippen LogP contribution >= 0.6 is 15.9 Å². The lowest BCUT2D eigenvalue weighted by molar-refractivity contribution is -0.128. The van der Waals surface area contributed by atoms with Crippen molar-refractivity contribution < 1.29 is 14.3 Å². The third-order valence-corrected chi connectivity index (χ3v) is 4.65. The molecule has 112 valence electrons. The normalized spacial score (nSPS) is 18.0. The lowest BCUT2D eigenvalue weighted by Crippen LogP contribution is -2.61. The molecule has 1 spiro atoms. The summed E-state index contributed by atoms with van der Waals surface area (Å²) in [5, 5.41) is 0. The van der Waals surface area contributed by atoms with Crippen molar-refractivity contribution in [3.63, 3.8) is 0 Å². The highest BCUT2D eigenvalue weighted by molar-refractivity contribution is 9.10. The van der Waals surface area contributed by atoms with Gasteiger partial charge in [0.1, 0.15) is 11.4 Å². The number of ether oxygens (including phenoxy) is 2. The molecule has 1 fully saturated rings. The van der Waals surface area contributed by atoms with Gasteiger partial charge < -0.3 is 14.4 Å². The van der Waals surface area contributed by atoms with Gasteiger partial charge in [-0.05, 0) is 35.4 Å². The molecule has 2 aliphatic heterocycles. The van der Waals surface area contributed by atoms with E-state index >= 15 is 0 Å². The largest absolute Gasteiger partial charge is 0.415 e. The van der Waals surface area contributed by atoms with Crippen LogP contribution in [0.5, 0.6) is 5.75 Å². The SMILES string of the molecule is O=C(Oc1ccccc1)N1CC2(C1)OCc1cc(Br)ccc12. The first-order chi connectivity index (χ1) is 10.7. The summed E-state index contributed by atoms with van der Waals surface area (Å²) in [6, 6.07) is 15.3. The Morgan fingerprint density at radius 1 is 1.18 bits per heavy atom. The van der Waals surface area contributed by atoms with Crippen LogP contribution in [0.1, 0.15) is 11.1 Å². The Hall–Kier alpha value is -1.85. The van der Waals surface area contributed by atoms with Crippen molar-refractivity contribution in [2.24, 2.45) is 0 Å². The zero-order valence-electron chi connectivity index (χ0n) is 11.8. The second-order valence-corrected chi connectivity index (χ2v) is 6.54. The molecule has 0 bridgehead atoms. The Kier molecular flexibility index (Phi) is 3.20. The number of hydrogen-bond donors (Lipinski definition) is 0. The molecule has 0 unspecified atom stereocenters. The van der Waals surface area contributed by atoms with Gasteiger partial charge in [0.2, 0.25) is 0 Å². The minimum absolute atomic E-state index is 0.328. The van der Waals surface area contributed by atoms with E-state index in [2.05, 4.69) is 28.1 Å². The Balaban J connectivity index is 1.46. The van der Waals surface area contributed by atoms with Crippen LogP contribution in [0, 0.1) is 0 Å². The first-order valence-electron chi connectivity index (χ1n) is 7.11. The molecule has 1 amide bonds. The third kappa shape index (κ3) is 2.21. The average Bonchev–Trinajstić information content (AvgIpc) is 2.85. The molecular formula is C17H14BrNO3. The molecular weight excluding hydrogens is 346 g/mol. The maximum atomic E-state index is 12.1. The quantitative estimate of drug-likeness (QED) is 0.779. The highest BCUT2D eigenvalue weighted by Crippen LogP contribution is 2.44. The number of rotatable bonds is 1. The number of amides is 1. The number of carbonyl (C=O) groups is 1. The summed E-state index contributed by atoms with van der Waals surface area (Å²) in [7, 11) is 0. The number of likely N-dealkylation sites (tertiary alicyclic amines) is 1. The van der Waals surface area contributed by atoms with E-state index in [1.54, 1.807) is 17.0 Å². The van der Waals surface area contributed by atoms with Gasteiger partial charge in [0, 0.05) is 4.47 Å². The second-order valence-electron chi connectivity index (χ2n) is 5.62. The smallest absolute Gasteiger partial charge is 0.410 e. The standard InChI is InChI=1S/C17H14BrNO3/c18-13-6-7-15-12(8-13)9-21-17(15)10-19(11-17)16(20)22-14-4-2-1-3-5-14/h1-8H,9-11H2. The molecule has 2 aromatic rings. The molecule has 4 rings (SSSR count). The first-order valence-corrected chi connectivity index (χ1v) is 7.90. The van der Waals surface area contributed by atoms with Gasteiger partial charge in [0.05, 0.1) is 19.7 Å². The van der Waals surface area contributed by atoms with Gasteiger partial charge in [-0.2, -0.15) is 0 Å². The third-order valence-electron chi connectivity index (χ3n) is 4.16. The predicted molar refractivity (Wildman–Crippen MR) is 84.6 cm³/mol. The highest BCUT2D eigenvalue weighted by atomic mass is 79.9. The van der Waals surface area contributed by atoms with Crippen LogP contribution in [0.2, 0.25) is 0 Å².